The zero-order chi connectivity index (χ0) is 15.3. The third-order valence-corrected chi connectivity index (χ3v) is 5.20. The van der Waals surface area contributed by atoms with E-state index in [0.29, 0.717) is 13.2 Å². The highest BCUT2D eigenvalue weighted by Crippen LogP contribution is 2.20. The molecule has 0 aliphatic carbocycles. The number of carbonyl (C=O) groups excluding carboxylic acids is 1. The summed E-state index contributed by atoms with van der Waals surface area (Å²) in [4.78, 5) is 12.3. The van der Waals surface area contributed by atoms with E-state index in [0.717, 1.165) is 6.42 Å². The first-order valence-corrected chi connectivity index (χ1v) is 8.43. The molecule has 1 aliphatic heterocycles. The number of amides is 1. The average Bonchev–Trinajstić information content (AvgIpc) is 2.53. The van der Waals surface area contributed by atoms with Crippen LogP contribution in [0.5, 0.6) is 0 Å². The van der Waals surface area contributed by atoms with Gasteiger partial charge < -0.3 is 10.1 Å². The van der Waals surface area contributed by atoms with Crippen molar-refractivity contribution in [1.29, 1.82) is 0 Å². The zero-order valence-corrected chi connectivity index (χ0v) is 12.8. The van der Waals surface area contributed by atoms with Crippen LogP contribution in [0.15, 0.2) is 35.2 Å². The Morgan fingerprint density at radius 1 is 1.38 bits per heavy atom. The summed E-state index contributed by atoms with van der Waals surface area (Å²) in [6.07, 6.45) is 0.796. The van der Waals surface area contributed by atoms with Gasteiger partial charge in [-0.3, -0.25) is 4.79 Å². The third-order valence-electron chi connectivity index (χ3n) is 3.28. The summed E-state index contributed by atoms with van der Waals surface area (Å²) in [5.74, 6) is -0.309. The molecule has 1 aromatic carbocycles. The molecule has 1 atom stereocenters. The first kappa shape index (κ1) is 15.9. The van der Waals surface area contributed by atoms with Gasteiger partial charge in [0, 0.05) is 13.1 Å². The van der Waals surface area contributed by atoms with Crippen LogP contribution < -0.4 is 5.32 Å². The fraction of sp³-hybridized carbons (Fsp3) is 0.500. The molecule has 116 valence electrons. The van der Waals surface area contributed by atoms with E-state index in [1.165, 1.54) is 16.4 Å². The Kier molecular flexibility index (Phi) is 5.33. The predicted molar refractivity (Wildman–Crippen MR) is 78.2 cm³/mol. The molecule has 1 amide bonds. The summed E-state index contributed by atoms with van der Waals surface area (Å²) in [7, 11) is -3.69. The molecule has 1 fully saturated rings. The van der Waals surface area contributed by atoms with Crippen LogP contribution in [0, 0.1) is 0 Å². The highest BCUT2D eigenvalue weighted by molar-refractivity contribution is 7.89. The monoisotopic (exact) mass is 312 g/mol. The maximum Gasteiger partial charge on any atom is 0.243 e. The van der Waals surface area contributed by atoms with Crippen LogP contribution in [0.1, 0.15) is 13.3 Å². The highest BCUT2D eigenvalue weighted by Gasteiger charge is 2.38. The summed E-state index contributed by atoms with van der Waals surface area (Å²) in [6, 6.07) is 7.34. The summed E-state index contributed by atoms with van der Waals surface area (Å²) >= 11 is 0. The lowest BCUT2D eigenvalue weighted by Crippen LogP contribution is -2.55. The van der Waals surface area contributed by atoms with E-state index in [9.17, 15) is 13.2 Å². The van der Waals surface area contributed by atoms with Crippen LogP contribution in [0.4, 0.5) is 0 Å². The molecular formula is C14H20N2O4S. The van der Waals surface area contributed by atoms with E-state index in [1.54, 1.807) is 18.2 Å². The van der Waals surface area contributed by atoms with Crippen molar-refractivity contribution in [3.63, 3.8) is 0 Å². The van der Waals surface area contributed by atoms with E-state index >= 15 is 0 Å². The second kappa shape index (κ2) is 7.02. The Balaban J connectivity index is 2.24. The van der Waals surface area contributed by atoms with Crippen molar-refractivity contribution in [1.82, 2.24) is 9.62 Å². The second-order valence-electron chi connectivity index (χ2n) is 4.81. The number of sulfonamides is 1. The van der Waals surface area contributed by atoms with Crippen molar-refractivity contribution >= 4 is 15.9 Å². The topological polar surface area (TPSA) is 75.7 Å². The molecule has 1 saturated heterocycles. The number of nitrogens with one attached hydrogen (secondary N) is 1. The van der Waals surface area contributed by atoms with Crippen molar-refractivity contribution < 1.29 is 17.9 Å². The van der Waals surface area contributed by atoms with Crippen LogP contribution >= 0.6 is 0 Å². The third kappa shape index (κ3) is 3.61. The second-order valence-corrected chi connectivity index (χ2v) is 6.70. The van der Waals surface area contributed by atoms with E-state index in [2.05, 4.69) is 5.32 Å². The first-order valence-electron chi connectivity index (χ1n) is 6.99. The van der Waals surface area contributed by atoms with Crippen molar-refractivity contribution in [3.8, 4) is 0 Å². The summed E-state index contributed by atoms with van der Waals surface area (Å²) < 4.78 is 31.8. The Morgan fingerprint density at radius 2 is 2.10 bits per heavy atom. The van der Waals surface area contributed by atoms with Crippen molar-refractivity contribution in [2.75, 3.05) is 26.3 Å². The van der Waals surface area contributed by atoms with Gasteiger partial charge in [0.05, 0.1) is 18.1 Å². The molecule has 2 rings (SSSR count). The molecule has 1 unspecified atom stereocenters. The quantitative estimate of drug-likeness (QED) is 0.864. The van der Waals surface area contributed by atoms with Gasteiger partial charge in [0.1, 0.15) is 6.04 Å². The van der Waals surface area contributed by atoms with Gasteiger partial charge in [-0.1, -0.05) is 25.1 Å². The standard InChI is InChI=1S/C14H20N2O4S/c1-2-8-15-14(17)13-11-20-10-9-16(13)21(18,19)12-6-4-3-5-7-12/h3-7,13H,2,8-11H2,1H3,(H,15,17). The molecule has 1 aliphatic rings. The van der Waals surface area contributed by atoms with Gasteiger partial charge in [0.25, 0.3) is 0 Å². The number of ether oxygens (including phenoxy) is 1. The van der Waals surface area contributed by atoms with Gasteiger partial charge >= 0.3 is 0 Å². The molecular weight excluding hydrogens is 292 g/mol. The lowest BCUT2D eigenvalue weighted by atomic mass is 10.2. The van der Waals surface area contributed by atoms with Gasteiger partial charge in [-0.25, -0.2) is 8.42 Å². The molecule has 21 heavy (non-hydrogen) atoms. The summed E-state index contributed by atoms with van der Waals surface area (Å²) in [5.41, 5.74) is 0. The molecule has 1 N–H and O–H groups in total. The summed E-state index contributed by atoms with van der Waals surface area (Å²) in [5, 5.41) is 2.73. The van der Waals surface area contributed by atoms with Crippen LogP contribution in [0.2, 0.25) is 0 Å². The number of hydrogen-bond donors (Lipinski definition) is 1. The average molecular weight is 312 g/mol. The Labute approximate surface area is 125 Å². The number of benzene rings is 1. The molecule has 0 aromatic heterocycles. The van der Waals surface area contributed by atoms with Crippen LogP contribution in [0.25, 0.3) is 0 Å². The lowest BCUT2D eigenvalue weighted by Gasteiger charge is -2.33. The molecule has 0 saturated carbocycles. The Hall–Kier alpha value is -1.44. The minimum absolute atomic E-state index is 0.0849. The van der Waals surface area contributed by atoms with Crippen molar-refractivity contribution in [2.24, 2.45) is 0 Å². The van der Waals surface area contributed by atoms with Crippen molar-refractivity contribution in [2.45, 2.75) is 24.3 Å². The van der Waals surface area contributed by atoms with E-state index < -0.39 is 16.1 Å². The van der Waals surface area contributed by atoms with Crippen molar-refractivity contribution in [3.05, 3.63) is 30.3 Å². The minimum Gasteiger partial charge on any atom is -0.378 e. The Bertz CT molecular complexity index is 574. The number of nitrogens with zero attached hydrogens (tertiary/aromatic N) is 1. The number of carbonyl (C=O) groups is 1. The largest absolute Gasteiger partial charge is 0.378 e. The van der Waals surface area contributed by atoms with Gasteiger partial charge in [-0.05, 0) is 18.6 Å². The van der Waals surface area contributed by atoms with Crippen LogP contribution in [0.3, 0.4) is 0 Å². The van der Waals surface area contributed by atoms with Crippen LogP contribution in [-0.2, 0) is 19.6 Å². The van der Waals surface area contributed by atoms with Gasteiger partial charge in [-0.15, -0.1) is 0 Å². The number of morpholine rings is 1. The Morgan fingerprint density at radius 3 is 2.76 bits per heavy atom. The summed E-state index contributed by atoms with van der Waals surface area (Å²) in [6.45, 7) is 3.03. The van der Waals surface area contributed by atoms with Crippen LogP contribution in [-0.4, -0.2) is 51.0 Å². The molecule has 0 radical (unpaired) electrons. The normalized spacial score (nSPS) is 20.1. The SMILES string of the molecule is CCCNC(=O)C1COCCN1S(=O)(=O)c1ccccc1. The maximum atomic E-state index is 12.7. The van der Waals surface area contributed by atoms with E-state index in [-0.39, 0.29) is 24.0 Å². The van der Waals surface area contributed by atoms with Gasteiger partial charge in [0.2, 0.25) is 15.9 Å². The fourth-order valence-corrected chi connectivity index (χ4v) is 3.75. The minimum atomic E-state index is -3.69. The van der Waals surface area contributed by atoms with Gasteiger partial charge in [0.15, 0.2) is 0 Å². The molecule has 1 aromatic rings. The predicted octanol–water partition coefficient (Wildman–Crippen LogP) is 0.602. The number of rotatable bonds is 5. The highest BCUT2D eigenvalue weighted by atomic mass is 32.2. The molecule has 6 nitrogen and oxygen atoms in total. The van der Waals surface area contributed by atoms with E-state index in [1.807, 2.05) is 6.92 Å². The smallest absolute Gasteiger partial charge is 0.243 e. The first-order chi connectivity index (χ1) is 10.1. The molecule has 0 bridgehead atoms. The fourth-order valence-electron chi connectivity index (χ4n) is 2.18. The lowest BCUT2D eigenvalue weighted by molar-refractivity contribution is -0.129. The zero-order valence-electron chi connectivity index (χ0n) is 12.0. The molecule has 7 heteroatoms. The molecule has 1 heterocycles. The molecule has 0 spiro atoms. The van der Waals surface area contributed by atoms with E-state index in [4.69, 9.17) is 4.74 Å². The number of hydrogen-bond acceptors (Lipinski definition) is 4. The maximum absolute atomic E-state index is 12.7. The van der Waals surface area contributed by atoms with Gasteiger partial charge in [-0.2, -0.15) is 4.31 Å².